The number of carbonyl (C=O) groups is 2. The van der Waals surface area contributed by atoms with Crippen LogP contribution < -0.4 is 11.1 Å². The molecule has 0 aliphatic rings. The number of benzene rings is 1. The Morgan fingerprint density at radius 1 is 1.20 bits per heavy atom. The lowest BCUT2D eigenvalue weighted by atomic mass is 10.1. The van der Waals surface area contributed by atoms with E-state index in [0.29, 0.717) is 25.2 Å². The van der Waals surface area contributed by atoms with Gasteiger partial charge in [0.15, 0.2) is 0 Å². The van der Waals surface area contributed by atoms with Crippen LogP contribution in [0.3, 0.4) is 0 Å². The summed E-state index contributed by atoms with van der Waals surface area (Å²) < 4.78 is 0. The second-order valence-electron chi connectivity index (χ2n) is 4.51. The number of amides is 2. The van der Waals surface area contributed by atoms with Gasteiger partial charge in [0.05, 0.1) is 6.54 Å². The van der Waals surface area contributed by atoms with Crippen LogP contribution in [0.15, 0.2) is 24.3 Å². The Kier molecular flexibility index (Phi) is 6.73. The van der Waals surface area contributed by atoms with Gasteiger partial charge in [-0.25, -0.2) is 0 Å². The lowest BCUT2D eigenvalue weighted by Crippen LogP contribution is -2.40. The lowest BCUT2D eigenvalue weighted by molar-refractivity contribution is -0.121. The second kappa shape index (κ2) is 8.32. The van der Waals surface area contributed by atoms with Gasteiger partial charge in [-0.3, -0.25) is 9.59 Å². The third-order valence-corrected chi connectivity index (χ3v) is 3.01. The van der Waals surface area contributed by atoms with Crippen LogP contribution in [-0.4, -0.2) is 42.9 Å². The van der Waals surface area contributed by atoms with Crippen molar-refractivity contribution in [2.75, 3.05) is 26.2 Å². The molecule has 2 amide bonds. The summed E-state index contributed by atoms with van der Waals surface area (Å²) in [5, 5.41) is 2.70. The largest absolute Gasteiger partial charge is 0.355 e. The minimum absolute atomic E-state index is 0.0910. The molecule has 0 aromatic heterocycles. The van der Waals surface area contributed by atoms with Gasteiger partial charge in [0.25, 0.3) is 5.91 Å². The van der Waals surface area contributed by atoms with E-state index in [1.807, 2.05) is 26.0 Å². The molecule has 110 valence electrons. The number of hydrogen-bond acceptors (Lipinski definition) is 3. The molecule has 0 atom stereocenters. The molecule has 0 radical (unpaired) electrons. The first kappa shape index (κ1) is 16.2. The van der Waals surface area contributed by atoms with Crippen LogP contribution in [0.4, 0.5) is 0 Å². The summed E-state index contributed by atoms with van der Waals surface area (Å²) in [4.78, 5) is 25.4. The standard InChI is InChI=1S/C15H23N3O2/c1-3-17-14(19)11-18(4-2)15(20)13-7-5-12(6-8-13)9-10-16/h5-8H,3-4,9-11,16H2,1-2H3,(H,17,19). The van der Waals surface area contributed by atoms with Crippen molar-refractivity contribution in [1.82, 2.24) is 10.2 Å². The van der Waals surface area contributed by atoms with Gasteiger partial charge in [-0.15, -0.1) is 0 Å². The van der Waals surface area contributed by atoms with Crippen molar-refractivity contribution in [3.05, 3.63) is 35.4 Å². The summed E-state index contributed by atoms with van der Waals surface area (Å²) in [5.41, 5.74) is 7.19. The molecular formula is C15H23N3O2. The van der Waals surface area contributed by atoms with Gasteiger partial charge in [-0.05, 0) is 44.5 Å². The summed E-state index contributed by atoms with van der Waals surface area (Å²) in [6.07, 6.45) is 0.796. The third-order valence-electron chi connectivity index (χ3n) is 3.01. The number of nitrogens with one attached hydrogen (secondary N) is 1. The maximum absolute atomic E-state index is 12.3. The fourth-order valence-electron chi connectivity index (χ4n) is 1.92. The van der Waals surface area contributed by atoms with Gasteiger partial charge in [0.1, 0.15) is 0 Å². The van der Waals surface area contributed by atoms with E-state index < -0.39 is 0 Å². The normalized spacial score (nSPS) is 10.2. The van der Waals surface area contributed by atoms with Crippen LogP contribution in [0, 0.1) is 0 Å². The van der Waals surface area contributed by atoms with Crippen LogP contribution in [-0.2, 0) is 11.2 Å². The Morgan fingerprint density at radius 2 is 1.85 bits per heavy atom. The molecule has 0 fully saturated rings. The van der Waals surface area contributed by atoms with E-state index in [-0.39, 0.29) is 18.4 Å². The van der Waals surface area contributed by atoms with Crippen LogP contribution in [0.25, 0.3) is 0 Å². The average molecular weight is 277 g/mol. The minimum atomic E-state index is -0.137. The molecule has 0 bridgehead atoms. The Bertz CT molecular complexity index is 443. The lowest BCUT2D eigenvalue weighted by Gasteiger charge is -2.20. The molecule has 0 saturated carbocycles. The maximum Gasteiger partial charge on any atom is 0.254 e. The van der Waals surface area contributed by atoms with E-state index in [2.05, 4.69) is 5.32 Å². The second-order valence-corrected chi connectivity index (χ2v) is 4.51. The third kappa shape index (κ3) is 4.66. The fraction of sp³-hybridized carbons (Fsp3) is 0.467. The van der Waals surface area contributed by atoms with Crippen molar-refractivity contribution in [1.29, 1.82) is 0 Å². The number of likely N-dealkylation sites (N-methyl/N-ethyl adjacent to an activating group) is 2. The van der Waals surface area contributed by atoms with E-state index in [1.54, 1.807) is 12.1 Å². The molecule has 0 aliphatic carbocycles. The molecule has 0 aliphatic heterocycles. The van der Waals surface area contributed by atoms with Crippen LogP contribution in [0.2, 0.25) is 0 Å². The van der Waals surface area contributed by atoms with Crippen molar-refractivity contribution < 1.29 is 9.59 Å². The van der Waals surface area contributed by atoms with Gasteiger partial charge in [0, 0.05) is 18.7 Å². The Morgan fingerprint density at radius 3 is 2.35 bits per heavy atom. The van der Waals surface area contributed by atoms with E-state index in [9.17, 15) is 9.59 Å². The molecule has 0 saturated heterocycles. The van der Waals surface area contributed by atoms with Crippen molar-refractivity contribution in [3.8, 4) is 0 Å². The smallest absolute Gasteiger partial charge is 0.254 e. The quantitative estimate of drug-likeness (QED) is 0.773. The summed E-state index contributed by atoms with van der Waals surface area (Å²) >= 11 is 0. The fourth-order valence-corrected chi connectivity index (χ4v) is 1.92. The predicted molar refractivity (Wildman–Crippen MR) is 79.5 cm³/mol. The number of carbonyl (C=O) groups excluding carboxylic acids is 2. The molecule has 1 rings (SSSR count). The Labute approximate surface area is 120 Å². The number of nitrogens with two attached hydrogens (primary N) is 1. The first-order valence-corrected chi connectivity index (χ1v) is 6.97. The summed E-state index contributed by atoms with van der Waals surface area (Å²) in [7, 11) is 0. The first-order chi connectivity index (χ1) is 9.62. The molecule has 3 N–H and O–H groups in total. The summed E-state index contributed by atoms with van der Waals surface area (Å²) in [6.45, 7) is 5.46. The van der Waals surface area contributed by atoms with Crippen molar-refractivity contribution in [3.63, 3.8) is 0 Å². The summed E-state index contributed by atoms with van der Waals surface area (Å²) in [6, 6.07) is 7.38. The maximum atomic E-state index is 12.3. The Hall–Kier alpha value is -1.88. The zero-order chi connectivity index (χ0) is 15.0. The van der Waals surface area contributed by atoms with Crippen molar-refractivity contribution in [2.45, 2.75) is 20.3 Å². The highest BCUT2D eigenvalue weighted by molar-refractivity contribution is 5.96. The molecule has 20 heavy (non-hydrogen) atoms. The van der Waals surface area contributed by atoms with Crippen LogP contribution in [0.5, 0.6) is 0 Å². The van der Waals surface area contributed by atoms with Crippen molar-refractivity contribution in [2.24, 2.45) is 5.73 Å². The average Bonchev–Trinajstić information content (AvgIpc) is 2.45. The van der Waals surface area contributed by atoms with Crippen molar-refractivity contribution >= 4 is 11.8 Å². The van der Waals surface area contributed by atoms with Gasteiger partial charge < -0.3 is 16.0 Å². The molecule has 1 aromatic rings. The molecule has 1 aromatic carbocycles. The predicted octanol–water partition coefficient (Wildman–Crippen LogP) is 0.786. The van der Waals surface area contributed by atoms with E-state index in [4.69, 9.17) is 5.73 Å². The molecule has 5 heteroatoms. The molecular weight excluding hydrogens is 254 g/mol. The molecule has 0 unspecified atom stereocenters. The van der Waals surface area contributed by atoms with Gasteiger partial charge in [-0.1, -0.05) is 12.1 Å². The first-order valence-electron chi connectivity index (χ1n) is 6.97. The van der Waals surface area contributed by atoms with E-state index in [1.165, 1.54) is 4.90 Å². The minimum Gasteiger partial charge on any atom is -0.355 e. The SMILES string of the molecule is CCNC(=O)CN(CC)C(=O)c1ccc(CCN)cc1. The van der Waals surface area contributed by atoms with Crippen LogP contribution in [0.1, 0.15) is 29.8 Å². The highest BCUT2D eigenvalue weighted by Gasteiger charge is 2.16. The van der Waals surface area contributed by atoms with Gasteiger partial charge >= 0.3 is 0 Å². The topological polar surface area (TPSA) is 75.4 Å². The highest BCUT2D eigenvalue weighted by Crippen LogP contribution is 2.08. The van der Waals surface area contributed by atoms with Gasteiger partial charge in [-0.2, -0.15) is 0 Å². The zero-order valence-corrected chi connectivity index (χ0v) is 12.2. The van der Waals surface area contributed by atoms with Gasteiger partial charge in [0.2, 0.25) is 5.91 Å². The molecule has 5 nitrogen and oxygen atoms in total. The summed E-state index contributed by atoms with van der Waals surface area (Å²) in [5.74, 6) is -0.263. The van der Waals surface area contributed by atoms with Crippen LogP contribution >= 0.6 is 0 Å². The van der Waals surface area contributed by atoms with E-state index >= 15 is 0 Å². The monoisotopic (exact) mass is 277 g/mol. The zero-order valence-electron chi connectivity index (χ0n) is 12.2. The Balaban J connectivity index is 2.72. The number of hydrogen-bond donors (Lipinski definition) is 2. The highest BCUT2D eigenvalue weighted by atomic mass is 16.2. The number of rotatable bonds is 7. The molecule has 0 spiro atoms. The molecule has 0 heterocycles. The van der Waals surface area contributed by atoms with E-state index in [0.717, 1.165) is 12.0 Å². The number of nitrogens with zero attached hydrogens (tertiary/aromatic N) is 1.